The summed E-state index contributed by atoms with van der Waals surface area (Å²) in [6.07, 6.45) is 3.80. The van der Waals surface area contributed by atoms with Crippen LogP contribution in [-0.2, 0) is 0 Å². The van der Waals surface area contributed by atoms with E-state index < -0.39 is 3.79 Å². The normalized spacial score (nSPS) is 16.2. The number of hydrogen-bond acceptors (Lipinski definition) is 0. The van der Waals surface area contributed by atoms with E-state index in [0.717, 1.165) is 17.0 Å². The standard InChI is InChI=1S/C10H6Cl3/c11-10(12,13)9-6-5-7-3-1-2-4-8(7)9/h1-6H. The van der Waals surface area contributed by atoms with E-state index in [4.69, 9.17) is 34.8 Å². The summed E-state index contributed by atoms with van der Waals surface area (Å²) in [4.78, 5) is 0. The summed E-state index contributed by atoms with van der Waals surface area (Å²) in [6.45, 7) is 0. The van der Waals surface area contributed by atoms with Crippen LogP contribution in [0.2, 0.25) is 0 Å². The van der Waals surface area contributed by atoms with E-state index >= 15 is 0 Å². The Morgan fingerprint density at radius 3 is 2.31 bits per heavy atom. The second kappa shape index (κ2) is 3.20. The summed E-state index contributed by atoms with van der Waals surface area (Å²) in [7, 11) is 0. The van der Waals surface area contributed by atoms with E-state index in [1.165, 1.54) is 0 Å². The first kappa shape index (κ1) is 9.39. The second-order valence-electron chi connectivity index (χ2n) is 2.83. The average Bonchev–Trinajstić information content (AvgIpc) is 2.45. The minimum Gasteiger partial charge on any atom is -0.0823 e. The van der Waals surface area contributed by atoms with E-state index in [0.29, 0.717) is 0 Å². The van der Waals surface area contributed by atoms with Gasteiger partial charge in [-0.25, -0.2) is 0 Å². The Morgan fingerprint density at radius 2 is 1.62 bits per heavy atom. The van der Waals surface area contributed by atoms with E-state index in [-0.39, 0.29) is 0 Å². The maximum atomic E-state index is 5.81. The fourth-order valence-corrected chi connectivity index (χ4v) is 1.89. The Bertz CT molecular complexity index is 349. The van der Waals surface area contributed by atoms with Crippen LogP contribution in [0.4, 0.5) is 0 Å². The molecular weight excluding hydrogens is 226 g/mol. The van der Waals surface area contributed by atoms with E-state index in [9.17, 15) is 0 Å². The number of fused-ring (bicyclic) bond motifs is 1. The third kappa shape index (κ3) is 1.71. The molecule has 1 radical (unpaired) electrons. The van der Waals surface area contributed by atoms with Crippen molar-refractivity contribution >= 4 is 40.9 Å². The summed E-state index contributed by atoms with van der Waals surface area (Å²) >= 11 is 17.4. The van der Waals surface area contributed by atoms with Gasteiger partial charge in [0.15, 0.2) is 0 Å². The van der Waals surface area contributed by atoms with Crippen molar-refractivity contribution in [2.45, 2.75) is 3.79 Å². The van der Waals surface area contributed by atoms with Gasteiger partial charge < -0.3 is 0 Å². The Balaban J connectivity index is 2.45. The number of alkyl halides is 3. The number of hydrogen-bond donors (Lipinski definition) is 0. The monoisotopic (exact) mass is 231 g/mol. The molecule has 0 aliphatic heterocycles. The third-order valence-corrected chi connectivity index (χ3v) is 2.60. The third-order valence-electron chi connectivity index (χ3n) is 1.99. The van der Waals surface area contributed by atoms with Crippen LogP contribution in [0.15, 0.2) is 30.3 Å². The van der Waals surface area contributed by atoms with Gasteiger partial charge in [0.1, 0.15) is 0 Å². The molecule has 1 aromatic carbocycles. The van der Waals surface area contributed by atoms with Gasteiger partial charge in [0, 0.05) is 0 Å². The molecule has 0 nitrogen and oxygen atoms in total. The van der Waals surface area contributed by atoms with Crippen LogP contribution in [-0.4, -0.2) is 3.79 Å². The van der Waals surface area contributed by atoms with Crippen molar-refractivity contribution in [1.29, 1.82) is 0 Å². The molecule has 1 aliphatic carbocycles. The van der Waals surface area contributed by atoms with E-state index in [2.05, 4.69) is 0 Å². The van der Waals surface area contributed by atoms with Crippen molar-refractivity contribution in [2.75, 3.05) is 0 Å². The molecule has 3 heteroatoms. The van der Waals surface area contributed by atoms with Gasteiger partial charge in [-0.3, -0.25) is 0 Å². The molecule has 0 atom stereocenters. The SMILES string of the molecule is ClC(Cl)(Cl)[C]1C=Cc2ccccc21. The van der Waals surface area contributed by atoms with Crippen molar-refractivity contribution in [3.8, 4) is 0 Å². The van der Waals surface area contributed by atoms with Gasteiger partial charge in [-0.15, -0.1) is 0 Å². The Morgan fingerprint density at radius 1 is 0.923 bits per heavy atom. The quantitative estimate of drug-likeness (QED) is 0.593. The van der Waals surface area contributed by atoms with Crippen LogP contribution >= 0.6 is 34.8 Å². The topological polar surface area (TPSA) is 0 Å². The number of rotatable bonds is 0. The molecule has 1 aliphatic rings. The number of allylic oxidation sites excluding steroid dienone is 1. The molecular formula is C10H6Cl3. The summed E-state index contributed by atoms with van der Waals surface area (Å²) < 4.78 is -1.33. The smallest absolute Gasteiger partial charge is 0.0823 e. The van der Waals surface area contributed by atoms with Gasteiger partial charge >= 0.3 is 0 Å². The lowest BCUT2D eigenvalue weighted by molar-refractivity contribution is 1.15. The van der Waals surface area contributed by atoms with E-state index in [1.54, 1.807) is 0 Å². The van der Waals surface area contributed by atoms with Gasteiger partial charge in [0.25, 0.3) is 0 Å². The number of benzene rings is 1. The minimum atomic E-state index is -1.33. The predicted octanol–water partition coefficient (Wildman–Crippen LogP) is 4.01. The maximum absolute atomic E-state index is 5.81. The van der Waals surface area contributed by atoms with Crippen LogP contribution in [0, 0.1) is 5.92 Å². The fourth-order valence-electron chi connectivity index (χ4n) is 1.40. The van der Waals surface area contributed by atoms with Crippen molar-refractivity contribution < 1.29 is 0 Å². The molecule has 0 unspecified atom stereocenters. The molecule has 0 N–H and O–H groups in total. The van der Waals surface area contributed by atoms with Crippen molar-refractivity contribution in [1.82, 2.24) is 0 Å². The van der Waals surface area contributed by atoms with Crippen LogP contribution in [0.5, 0.6) is 0 Å². The summed E-state index contributed by atoms with van der Waals surface area (Å²) in [5, 5.41) is 0. The molecule has 0 heterocycles. The maximum Gasteiger partial charge on any atom is 0.204 e. The molecule has 67 valence electrons. The van der Waals surface area contributed by atoms with Crippen LogP contribution < -0.4 is 0 Å². The molecule has 0 spiro atoms. The molecule has 2 rings (SSSR count). The molecule has 1 aromatic rings. The predicted molar refractivity (Wildman–Crippen MR) is 58.1 cm³/mol. The lowest BCUT2D eigenvalue weighted by Crippen LogP contribution is -2.14. The first-order valence-electron chi connectivity index (χ1n) is 3.80. The molecule has 0 aromatic heterocycles. The van der Waals surface area contributed by atoms with Gasteiger partial charge in [-0.05, 0) is 11.1 Å². The fraction of sp³-hybridized carbons (Fsp3) is 0.100. The molecule has 13 heavy (non-hydrogen) atoms. The second-order valence-corrected chi connectivity index (χ2v) is 5.11. The lowest BCUT2D eigenvalue weighted by atomic mass is 10.0. The van der Waals surface area contributed by atoms with Crippen molar-refractivity contribution in [2.24, 2.45) is 0 Å². The van der Waals surface area contributed by atoms with Gasteiger partial charge in [0.05, 0.1) is 5.92 Å². The van der Waals surface area contributed by atoms with Gasteiger partial charge in [-0.2, -0.15) is 0 Å². The Labute approximate surface area is 92.1 Å². The average molecular weight is 233 g/mol. The Kier molecular flexibility index (Phi) is 2.31. The van der Waals surface area contributed by atoms with Crippen molar-refractivity contribution in [3.63, 3.8) is 0 Å². The minimum absolute atomic E-state index is 0.744. The highest BCUT2D eigenvalue weighted by atomic mass is 35.6. The zero-order valence-corrected chi connectivity index (χ0v) is 8.87. The highest BCUT2D eigenvalue weighted by Gasteiger charge is 2.35. The largest absolute Gasteiger partial charge is 0.204 e. The number of halogens is 3. The van der Waals surface area contributed by atoms with Gasteiger partial charge in [-0.1, -0.05) is 71.2 Å². The van der Waals surface area contributed by atoms with Crippen LogP contribution in [0.3, 0.4) is 0 Å². The molecule has 0 saturated carbocycles. The lowest BCUT2D eigenvalue weighted by Gasteiger charge is -2.18. The van der Waals surface area contributed by atoms with E-state index in [1.807, 2.05) is 36.4 Å². The first-order chi connectivity index (χ1) is 6.09. The molecule has 0 amide bonds. The Hall–Kier alpha value is -0.170. The molecule has 0 saturated heterocycles. The van der Waals surface area contributed by atoms with Gasteiger partial charge in [0.2, 0.25) is 3.79 Å². The molecule has 0 bridgehead atoms. The first-order valence-corrected chi connectivity index (χ1v) is 4.94. The summed E-state index contributed by atoms with van der Waals surface area (Å²) in [5.41, 5.74) is 2.10. The zero-order chi connectivity index (χ0) is 9.47. The summed E-state index contributed by atoms with van der Waals surface area (Å²) in [6, 6.07) is 7.84. The zero-order valence-electron chi connectivity index (χ0n) is 6.60. The highest BCUT2D eigenvalue weighted by molar-refractivity contribution is 6.69. The summed E-state index contributed by atoms with van der Waals surface area (Å²) in [5.74, 6) is 0.744. The highest BCUT2D eigenvalue weighted by Crippen LogP contribution is 2.45. The molecule has 0 fully saturated rings. The van der Waals surface area contributed by atoms with Crippen molar-refractivity contribution in [3.05, 3.63) is 47.4 Å². The van der Waals surface area contributed by atoms with Crippen LogP contribution in [0.1, 0.15) is 11.1 Å². The van der Waals surface area contributed by atoms with Crippen LogP contribution in [0.25, 0.3) is 6.08 Å².